The van der Waals surface area contributed by atoms with Gasteiger partial charge in [-0.1, -0.05) is 17.7 Å². The first-order valence-electron chi connectivity index (χ1n) is 4.83. The maximum Gasteiger partial charge on any atom is 0.328 e. The zero-order valence-electron chi connectivity index (χ0n) is 8.85. The van der Waals surface area contributed by atoms with Gasteiger partial charge < -0.3 is 10.3 Å². The number of hydrogen-bond donors (Lipinski definition) is 1. The van der Waals surface area contributed by atoms with Crippen molar-refractivity contribution in [1.29, 1.82) is 0 Å². The minimum absolute atomic E-state index is 0.0621. The van der Waals surface area contributed by atoms with E-state index in [-0.39, 0.29) is 5.69 Å². The monoisotopic (exact) mass is 237 g/mol. The first-order chi connectivity index (χ1) is 7.58. The quantitative estimate of drug-likeness (QED) is 0.805. The first-order valence-corrected chi connectivity index (χ1v) is 5.21. The van der Waals surface area contributed by atoms with Crippen molar-refractivity contribution in [3.63, 3.8) is 0 Å². The molecule has 0 saturated heterocycles. The van der Waals surface area contributed by atoms with Gasteiger partial charge >= 0.3 is 5.69 Å². The molecular weight excluding hydrogens is 226 g/mol. The summed E-state index contributed by atoms with van der Waals surface area (Å²) in [5.74, 6) is 0. The number of rotatable bonds is 2. The highest BCUT2D eigenvalue weighted by atomic mass is 35.5. The summed E-state index contributed by atoms with van der Waals surface area (Å²) in [7, 11) is 1.71. The third-order valence-electron chi connectivity index (χ3n) is 2.44. The smallest absolute Gasteiger partial charge is 0.328 e. The molecule has 2 N–H and O–H groups in total. The van der Waals surface area contributed by atoms with Crippen LogP contribution >= 0.6 is 11.6 Å². The van der Waals surface area contributed by atoms with Gasteiger partial charge in [0.25, 0.3) is 0 Å². The van der Waals surface area contributed by atoms with E-state index in [1.54, 1.807) is 36.1 Å². The summed E-state index contributed by atoms with van der Waals surface area (Å²) in [5, 5.41) is 0.579. The van der Waals surface area contributed by atoms with Crippen molar-refractivity contribution in [3.05, 3.63) is 51.7 Å². The van der Waals surface area contributed by atoms with Crippen molar-refractivity contribution in [1.82, 2.24) is 9.13 Å². The highest BCUT2D eigenvalue weighted by Crippen LogP contribution is 2.19. The molecule has 4 nitrogen and oxygen atoms in total. The second kappa shape index (κ2) is 4.06. The molecule has 0 aliphatic rings. The van der Waals surface area contributed by atoms with E-state index in [1.165, 1.54) is 4.57 Å². The van der Waals surface area contributed by atoms with Crippen molar-refractivity contribution < 1.29 is 0 Å². The number of benzene rings is 1. The lowest BCUT2D eigenvalue weighted by Crippen LogP contribution is -2.22. The summed E-state index contributed by atoms with van der Waals surface area (Å²) in [6.07, 6.45) is 3.45. The summed E-state index contributed by atoms with van der Waals surface area (Å²) in [6, 6.07) is 5.29. The number of nitrogens with zero attached hydrogens (tertiary/aromatic N) is 2. The third kappa shape index (κ3) is 1.97. The van der Waals surface area contributed by atoms with Gasteiger partial charge in [-0.2, -0.15) is 0 Å². The van der Waals surface area contributed by atoms with Crippen LogP contribution in [0.25, 0.3) is 0 Å². The molecule has 0 aliphatic carbocycles. The maximum atomic E-state index is 11.6. The lowest BCUT2D eigenvalue weighted by Gasteiger charge is -2.05. The number of nitrogen functional groups attached to an aromatic ring is 1. The predicted octanol–water partition coefficient (Wildman–Crippen LogP) is 1.47. The molecule has 1 aromatic heterocycles. The van der Waals surface area contributed by atoms with E-state index < -0.39 is 0 Å². The van der Waals surface area contributed by atoms with Crippen LogP contribution < -0.4 is 11.4 Å². The number of imidazole rings is 1. The van der Waals surface area contributed by atoms with Gasteiger partial charge in [-0.25, -0.2) is 4.79 Å². The minimum Gasteiger partial charge on any atom is -0.399 e. The number of aryl methyl sites for hydroxylation is 1. The Labute approximate surface area is 97.9 Å². The molecule has 0 bridgehead atoms. The Hall–Kier alpha value is -1.68. The van der Waals surface area contributed by atoms with E-state index in [1.807, 2.05) is 6.07 Å². The first kappa shape index (κ1) is 10.8. The van der Waals surface area contributed by atoms with E-state index in [9.17, 15) is 4.79 Å². The molecule has 2 aromatic rings. The Morgan fingerprint density at radius 2 is 2.12 bits per heavy atom. The lowest BCUT2D eigenvalue weighted by molar-refractivity contribution is 0.718. The van der Waals surface area contributed by atoms with Crippen LogP contribution in [0.3, 0.4) is 0 Å². The molecule has 0 atom stereocenters. The molecule has 0 aliphatic heterocycles. The maximum absolute atomic E-state index is 11.6. The summed E-state index contributed by atoms with van der Waals surface area (Å²) < 4.78 is 3.11. The Kier molecular flexibility index (Phi) is 2.75. The molecule has 2 rings (SSSR count). The normalized spacial score (nSPS) is 10.6. The zero-order chi connectivity index (χ0) is 11.7. The van der Waals surface area contributed by atoms with Crippen LogP contribution in [0.5, 0.6) is 0 Å². The SMILES string of the molecule is Cn1ccn(Cc2ccc(N)cc2Cl)c1=O. The van der Waals surface area contributed by atoms with Crippen LogP contribution in [0, 0.1) is 0 Å². The van der Waals surface area contributed by atoms with Crippen LogP contribution in [-0.2, 0) is 13.6 Å². The highest BCUT2D eigenvalue weighted by molar-refractivity contribution is 6.31. The van der Waals surface area contributed by atoms with E-state index >= 15 is 0 Å². The van der Waals surface area contributed by atoms with Gasteiger partial charge in [0.1, 0.15) is 0 Å². The largest absolute Gasteiger partial charge is 0.399 e. The van der Waals surface area contributed by atoms with Crippen LogP contribution in [0.4, 0.5) is 5.69 Å². The number of hydrogen-bond acceptors (Lipinski definition) is 2. The van der Waals surface area contributed by atoms with E-state index in [0.717, 1.165) is 5.56 Å². The minimum atomic E-state index is -0.0621. The molecule has 5 heteroatoms. The van der Waals surface area contributed by atoms with Crippen molar-refractivity contribution in [3.8, 4) is 0 Å². The molecule has 0 radical (unpaired) electrons. The number of aromatic nitrogens is 2. The van der Waals surface area contributed by atoms with Gasteiger partial charge in [0, 0.05) is 30.2 Å². The zero-order valence-corrected chi connectivity index (χ0v) is 9.61. The van der Waals surface area contributed by atoms with E-state index in [2.05, 4.69) is 0 Å². The molecule has 0 saturated carbocycles. The van der Waals surface area contributed by atoms with Gasteiger partial charge in [-0.15, -0.1) is 0 Å². The molecule has 0 fully saturated rings. The highest BCUT2D eigenvalue weighted by Gasteiger charge is 2.04. The fourth-order valence-electron chi connectivity index (χ4n) is 1.51. The fraction of sp³-hybridized carbons (Fsp3) is 0.182. The van der Waals surface area contributed by atoms with Gasteiger partial charge in [-0.3, -0.25) is 4.57 Å². The molecule has 16 heavy (non-hydrogen) atoms. The fourth-order valence-corrected chi connectivity index (χ4v) is 1.75. The Morgan fingerprint density at radius 1 is 1.38 bits per heavy atom. The van der Waals surface area contributed by atoms with Crippen LogP contribution in [0.2, 0.25) is 5.02 Å². The molecule has 1 aromatic carbocycles. The molecular formula is C11H12ClN3O. The van der Waals surface area contributed by atoms with Gasteiger partial charge in [0.05, 0.1) is 6.54 Å². The van der Waals surface area contributed by atoms with Crippen molar-refractivity contribution >= 4 is 17.3 Å². The van der Waals surface area contributed by atoms with E-state index in [0.29, 0.717) is 17.3 Å². The van der Waals surface area contributed by atoms with Gasteiger partial charge in [0.15, 0.2) is 0 Å². The Morgan fingerprint density at radius 3 is 2.69 bits per heavy atom. The standard InChI is InChI=1S/C11H12ClN3O/c1-14-4-5-15(11(14)16)7-8-2-3-9(13)6-10(8)12/h2-6H,7,13H2,1H3. The average Bonchev–Trinajstić information content (AvgIpc) is 2.54. The number of nitrogens with two attached hydrogens (primary N) is 1. The second-order valence-electron chi connectivity index (χ2n) is 3.67. The van der Waals surface area contributed by atoms with Crippen molar-refractivity contribution in [2.45, 2.75) is 6.54 Å². The topological polar surface area (TPSA) is 52.9 Å². The summed E-state index contributed by atoms with van der Waals surface area (Å²) in [5.41, 5.74) is 7.03. The van der Waals surface area contributed by atoms with Crippen LogP contribution in [0.15, 0.2) is 35.4 Å². The van der Waals surface area contributed by atoms with Gasteiger partial charge in [0.2, 0.25) is 0 Å². The van der Waals surface area contributed by atoms with Gasteiger partial charge in [-0.05, 0) is 17.7 Å². The molecule has 0 spiro atoms. The van der Waals surface area contributed by atoms with Crippen molar-refractivity contribution in [2.75, 3.05) is 5.73 Å². The van der Waals surface area contributed by atoms with Crippen LogP contribution in [-0.4, -0.2) is 9.13 Å². The Bertz CT molecular complexity index is 571. The summed E-state index contributed by atoms with van der Waals surface area (Å²) in [6.45, 7) is 0.457. The molecule has 84 valence electrons. The van der Waals surface area contributed by atoms with E-state index in [4.69, 9.17) is 17.3 Å². The summed E-state index contributed by atoms with van der Waals surface area (Å²) in [4.78, 5) is 11.6. The second-order valence-corrected chi connectivity index (χ2v) is 4.08. The number of halogens is 1. The Balaban J connectivity index is 2.34. The molecule has 1 heterocycles. The number of anilines is 1. The summed E-state index contributed by atoms with van der Waals surface area (Å²) >= 11 is 6.04. The predicted molar refractivity (Wildman–Crippen MR) is 64.6 cm³/mol. The van der Waals surface area contributed by atoms with Crippen molar-refractivity contribution in [2.24, 2.45) is 7.05 Å². The lowest BCUT2D eigenvalue weighted by atomic mass is 10.2. The molecule has 0 amide bonds. The molecule has 0 unspecified atom stereocenters. The average molecular weight is 238 g/mol. The van der Waals surface area contributed by atoms with Crippen LogP contribution in [0.1, 0.15) is 5.56 Å². The third-order valence-corrected chi connectivity index (χ3v) is 2.79.